The van der Waals surface area contributed by atoms with Gasteiger partial charge in [-0.1, -0.05) is 0 Å². The molecule has 7 heteroatoms. The van der Waals surface area contributed by atoms with Crippen LogP contribution in [-0.4, -0.2) is 27.3 Å². The minimum Gasteiger partial charge on any atom is -0.493 e. The summed E-state index contributed by atoms with van der Waals surface area (Å²) in [5, 5.41) is 0.896. The van der Waals surface area contributed by atoms with E-state index in [4.69, 9.17) is 23.4 Å². The lowest BCUT2D eigenvalue weighted by Gasteiger charge is -2.14. The maximum Gasteiger partial charge on any atom is 0.343 e. The molecule has 0 unspecified atom stereocenters. The van der Waals surface area contributed by atoms with Crippen molar-refractivity contribution >= 4 is 16.9 Å². The van der Waals surface area contributed by atoms with Gasteiger partial charge in [-0.15, -0.1) is 0 Å². The molecule has 156 valence electrons. The number of benzene rings is 2. The standard InChI is InChI=1S/C23H22O7/c1-12-17(9-8-15-14-6-5-7-16(14)23(25)30-20(12)15)29-22(24)13-10-18(26-2)21(28-4)19(11-13)27-3/h8-11H,5-7H2,1-4H3. The SMILES string of the molecule is COc1cc(C(=O)Oc2ccc3c4c(c(=O)oc3c2C)CCC4)cc(OC)c1OC. The van der Waals surface area contributed by atoms with Crippen molar-refractivity contribution < 1.29 is 28.2 Å². The van der Waals surface area contributed by atoms with Gasteiger partial charge in [0.25, 0.3) is 0 Å². The second kappa shape index (κ2) is 7.74. The van der Waals surface area contributed by atoms with Gasteiger partial charge in [0.05, 0.1) is 26.9 Å². The molecular formula is C23H22O7. The van der Waals surface area contributed by atoms with Crippen LogP contribution in [0.5, 0.6) is 23.0 Å². The molecule has 0 saturated heterocycles. The third kappa shape index (κ3) is 3.16. The predicted molar refractivity (Wildman–Crippen MR) is 110 cm³/mol. The zero-order chi connectivity index (χ0) is 21.4. The zero-order valence-corrected chi connectivity index (χ0v) is 17.3. The zero-order valence-electron chi connectivity index (χ0n) is 17.3. The Morgan fingerprint density at radius 2 is 1.60 bits per heavy atom. The lowest BCUT2D eigenvalue weighted by molar-refractivity contribution is 0.0732. The fourth-order valence-electron chi connectivity index (χ4n) is 3.93. The van der Waals surface area contributed by atoms with E-state index in [2.05, 4.69) is 0 Å². The smallest absolute Gasteiger partial charge is 0.343 e. The second-order valence-electron chi connectivity index (χ2n) is 7.07. The number of esters is 1. The highest BCUT2D eigenvalue weighted by Crippen LogP contribution is 2.39. The lowest BCUT2D eigenvalue weighted by atomic mass is 10.0. The first-order valence-corrected chi connectivity index (χ1v) is 9.58. The highest BCUT2D eigenvalue weighted by molar-refractivity contribution is 5.94. The number of fused-ring (bicyclic) bond motifs is 3. The van der Waals surface area contributed by atoms with E-state index >= 15 is 0 Å². The Balaban J connectivity index is 1.73. The van der Waals surface area contributed by atoms with E-state index in [1.807, 2.05) is 6.07 Å². The number of carbonyl (C=O) groups is 1. The van der Waals surface area contributed by atoms with E-state index in [9.17, 15) is 9.59 Å². The Labute approximate surface area is 173 Å². The third-order valence-corrected chi connectivity index (χ3v) is 5.44. The van der Waals surface area contributed by atoms with E-state index in [0.29, 0.717) is 34.1 Å². The van der Waals surface area contributed by atoms with Gasteiger partial charge in [-0.2, -0.15) is 0 Å². The molecule has 1 heterocycles. The Kier molecular flexibility index (Phi) is 5.11. The number of hydrogen-bond donors (Lipinski definition) is 0. The first kappa shape index (κ1) is 19.8. The van der Waals surface area contributed by atoms with Crippen LogP contribution in [0.4, 0.5) is 0 Å². The van der Waals surface area contributed by atoms with E-state index in [-0.39, 0.29) is 11.2 Å². The van der Waals surface area contributed by atoms with Gasteiger partial charge in [0.1, 0.15) is 11.3 Å². The van der Waals surface area contributed by atoms with Crippen LogP contribution < -0.4 is 24.6 Å². The summed E-state index contributed by atoms with van der Waals surface area (Å²) in [5.41, 5.74) is 2.76. The molecule has 0 radical (unpaired) electrons. The fourth-order valence-corrected chi connectivity index (χ4v) is 3.93. The van der Waals surface area contributed by atoms with Crippen molar-refractivity contribution in [3.8, 4) is 23.0 Å². The number of hydrogen-bond acceptors (Lipinski definition) is 7. The third-order valence-electron chi connectivity index (χ3n) is 5.44. The summed E-state index contributed by atoms with van der Waals surface area (Å²) in [6.45, 7) is 1.77. The summed E-state index contributed by atoms with van der Waals surface area (Å²) >= 11 is 0. The summed E-state index contributed by atoms with van der Waals surface area (Å²) in [6, 6.07) is 6.61. The van der Waals surface area contributed by atoms with Gasteiger partial charge in [0.2, 0.25) is 5.75 Å². The molecular weight excluding hydrogens is 388 g/mol. The van der Waals surface area contributed by atoms with Crippen LogP contribution in [0.2, 0.25) is 0 Å². The van der Waals surface area contributed by atoms with Crippen molar-refractivity contribution in [2.45, 2.75) is 26.2 Å². The Bertz CT molecular complexity index is 1180. The minimum absolute atomic E-state index is 0.236. The highest BCUT2D eigenvalue weighted by atomic mass is 16.5. The largest absolute Gasteiger partial charge is 0.493 e. The molecule has 0 bridgehead atoms. The van der Waals surface area contributed by atoms with Crippen molar-refractivity contribution in [1.29, 1.82) is 0 Å². The highest BCUT2D eigenvalue weighted by Gasteiger charge is 2.23. The van der Waals surface area contributed by atoms with Gasteiger partial charge >= 0.3 is 11.6 Å². The summed E-state index contributed by atoms with van der Waals surface area (Å²) in [5.74, 6) is 0.804. The summed E-state index contributed by atoms with van der Waals surface area (Å²) in [6.07, 6.45) is 2.53. The van der Waals surface area contributed by atoms with Crippen molar-refractivity contribution in [1.82, 2.24) is 0 Å². The van der Waals surface area contributed by atoms with Crippen LogP contribution in [0.15, 0.2) is 33.5 Å². The number of rotatable bonds is 5. The first-order chi connectivity index (χ1) is 14.5. The number of methoxy groups -OCH3 is 3. The molecule has 0 aliphatic heterocycles. The van der Waals surface area contributed by atoms with Crippen LogP contribution >= 0.6 is 0 Å². The first-order valence-electron chi connectivity index (χ1n) is 9.58. The minimum atomic E-state index is -0.597. The van der Waals surface area contributed by atoms with Crippen molar-refractivity contribution in [2.75, 3.05) is 21.3 Å². The Morgan fingerprint density at radius 1 is 0.933 bits per heavy atom. The summed E-state index contributed by atoms with van der Waals surface area (Å²) < 4.78 is 27.1. The Morgan fingerprint density at radius 3 is 2.23 bits per heavy atom. The average molecular weight is 410 g/mol. The molecule has 30 heavy (non-hydrogen) atoms. The monoisotopic (exact) mass is 410 g/mol. The molecule has 0 saturated carbocycles. The van der Waals surface area contributed by atoms with Crippen LogP contribution in [-0.2, 0) is 12.8 Å². The van der Waals surface area contributed by atoms with E-state index in [1.54, 1.807) is 13.0 Å². The fraction of sp³-hybridized carbons (Fsp3) is 0.304. The number of ether oxygens (including phenoxy) is 4. The van der Waals surface area contributed by atoms with Crippen LogP contribution in [0, 0.1) is 6.92 Å². The van der Waals surface area contributed by atoms with Gasteiger partial charge in [0, 0.05) is 16.5 Å². The van der Waals surface area contributed by atoms with Gasteiger partial charge in [0.15, 0.2) is 11.5 Å². The second-order valence-corrected chi connectivity index (χ2v) is 7.07. The maximum absolute atomic E-state index is 12.8. The molecule has 0 atom stereocenters. The van der Waals surface area contributed by atoms with Gasteiger partial charge in [-0.25, -0.2) is 9.59 Å². The van der Waals surface area contributed by atoms with Gasteiger partial charge in [-0.05, 0) is 56.0 Å². The van der Waals surface area contributed by atoms with Crippen molar-refractivity contribution in [2.24, 2.45) is 0 Å². The molecule has 1 aliphatic rings. The summed E-state index contributed by atoms with van der Waals surface area (Å²) in [4.78, 5) is 25.1. The summed E-state index contributed by atoms with van der Waals surface area (Å²) in [7, 11) is 4.43. The molecule has 1 aromatic heterocycles. The maximum atomic E-state index is 12.8. The molecule has 4 rings (SSSR count). The normalized spacial score (nSPS) is 12.5. The van der Waals surface area contributed by atoms with Crippen LogP contribution in [0.3, 0.4) is 0 Å². The van der Waals surface area contributed by atoms with Crippen LogP contribution in [0.25, 0.3) is 11.0 Å². The van der Waals surface area contributed by atoms with Crippen LogP contribution in [0.1, 0.15) is 33.5 Å². The quantitative estimate of drug-likeness (QED) is 0.359. The van der Waals surface area contributed by atoms with Crippen molar-refractivity contribution in [3.05, 3.63) is 56.9 Å². The molecule has 2 aromatic carbocycles. The molecule has 7 nitrogen and oxygen atoms in total. The molecule has 0 amide bonds. The molecule has 0 N–H and O–H groups in total. The molecule has 0 fully saturated rings. The van der Waals surface area contributed by atoms with E-state index in [1.165, 1.54) is 33.5 Å². The lowest BCUT2D eigenvalue weighted by Crippen LogP contribution is -2.11. The van der Waals surface area contributed by atoms with Gasteiger partial charge in [-0.3, -0.25) is 0 Å². The number of aryl methyl sites for hydroxylation is 2. The number of carbonyl (C=O) groups excluding carboxylic acids is 1. The molecule has 3 aromatic rings. The van der Waals surface area contributed by atoms with E-state index in [0.717, 1.165) is 35.8 Å². The molecule has 1 aliphatic carbocycles. The van der Waals surface area contributed by atoms with Crippen molar-refractivity contribution in [3.63, 3.8) is 0 Å². The Hall–Kier alpha value is -3.48. The topological polar surface area (TPSA) is 84.2 Å². The van der Waals surface area contributed by atoms with E-state index < -0.39 is 5.97 Å². The van der Waals surface area contributed by atoms with Gasteiger partial charge < -0.3 is 23.4 Å². The molecule has 0 spiro atoms. The predicted octanol–water partition coefficient (Wildman–Crippen LogP) is 3.84. The average Bonchev–Trinajstić information content (AvgIpc) is 3.26.